The first-order valence-corrected chi connectivity index (χ1v) is 12.8. The van der Waals surface area contributed by atoms with Gasteiger partial charge in [-0.3, -0.25) is 19.6 Å². The van der Waals surface area contributed by atoms with Gasteiger partial charge in [0.15, 0.2) is 11.6 Å². The molecule has 0 aliphatic carbocycles. The van der Waals surface area contributed by atoms with Gasteiger partial charge in [-0.2, -0.15) is 0 Å². The second-order valence-corrected chi connectivity index (χ2v) is 9.44. The topological polar surface area (TPSA) is 119 Å². The Balaban J connectivity index is 0.00000533. The van der Waals surface area contributed by atoms with E-state index in [1.165, 1.54) is 24.7 Å². The number of aryl methyl sites for hydroxylation is 1. The van der Waals surface area contributed by atoms with Gasteiger partial charge in [0.05, 0.1) is 31.0 Å². The molecule has 38 heavy (non-hydrogen) atoms. The van der Waals surface area contributed by atoms with Crippen molar-refractivity contribution in [2.24, 2.45) is 10.7 Å². The van der Waals surface area contributed by atoms with Crippen molar-refractivity contribution in [3.63, 3.8) is 0 Å². The number of piperidine rings is 1. The molecular formula is C28H38FN5O4. The van der Waals surface area contributed by atoms with Crippen molar-refractivity contribution in [3.8, 4) is 11.5 Å². The highest BCUT2D eigenvalue weighted by Gasteiger charge is 2.24. The fourth-order valence-corrected chi connectivity index (χ4v) is 3.97. The molecule has 3 N–H and O–H groups in total. The summed E-state index contributed by atoms with van der Waals surface area (Å²) in [5.41, 5.74) is 7.50. The van der Waals surface area contributed by atoms with Gasteiger partial charge in [-0.1, -0.05) is 31.5 Å². The summed E-state index contributed by atoms with van der Waals surface area (Å²) in [5.74, 6) is -0.232. The van der Waals surface area contributed by atoms with E-state index >= 15 is 0 Å². The lowest BCUT2D eigenvalue weighted by Crippen LogP contribution is -2.45. The number of carbonyl (C=O) groups excluding carboxylic acids is 2. The van der Waals surface area contributed by atoms with Gasteiger partial charge < -0.3 is 25.4 Å². The average molecular weight is 528 g/mol. The maximum Gasteiger partial charge on any atom is 0.244 e. The van der Waals surface area contributed by atoms with E-state index in [1.807, 2.05) is 45.0 Å². The van der Waals surface area contributed by atoms with Crippen LogP contribution >= 0.6 is 0 Å². The van der Waals surface area contributed by atoms with Crippen LogP contribution in [0.15, 0.2) is 53.4 Å². The molecule has 1 aromatic carbocycles. The summed E-state index contributed by atoms with van der Waals surface area (Å²) in [6, 6.07) is 9.07. The third-order valence-electron chi connectivity index (χ3n) is 5.98. The zero-order valence-corrected chi connectivity index (χ0v) is 22.2. The van der Waals surface area contributed by atoms with Gasteiger partial charge >= 0.3 is 0 Å². The van der Waals surface area contributed by atoms with Crippen molar-refractivity contribution in [1.82, 2.24) is 15.2 Å². The SMILES string of the molecule is Cc1ccc(O[C@H]2CCCN(C(=O)CN=C/C(=C\N)NC(=O)CCOc3c(F)ccnc3C(C)C)C2)cc1.[HH]. The first-order chi connectivity index (χ1) is 18.3. The molecule has 0 bridgehead atoms. The number of halogens is 1. The van der Waals surface area contributed by atoms with Crippen molar-refractivity contribution >= 4 is 18.0 Å². The number of carbonyl (C=O) groups is 2. The van der Waals surface area contributed by atoms with E-state index in [0.29, 0.717) is 18.8 Å². The summed E-state index contributed by atoms with van der Waals surface area (Å²) in [4.78, 5) is 35.0. The largest absolute Gasteiger partial charge is 0.489 e. The standard InChI is InChI=1S/C28H36FN5O4.H2/c1-19(2)27-28(24(29)10-12-32-27)37-14-11-25(35)33-21(15-30)16-31-17-26(36)34-13-4-5-23(18-34)38-22-8-6-20(3)7-9-22;/h6-10,12,15-16,19,23H,4-5,11,13-14,17-18,30H2,1-3H3,(H,33,35);1H/b21-15+,31-16?;/t23-;/m0./s1. The zero-order chi connectivity index (χ0) is 27.5. The number of amides is 2. The summed E-state index contributed by atoms with van der Waals surface area (Å²) in [6.45, 7) is 6.81. The van der Waals surface area contributed by atoms with Crippen LogP contribution in [0, 0.1) is 12.7 Å². The highest BCUT2D eigenvalue weighted by molar-refractivity contribution is 5.89. The second-order valence-electron chi connectivity index (χ2n) is 9.44. The summed E-state index contributed by atoms with van der Waals surface area (Å²) in [7, 11) is 0. The molecule has 1 fully saturated rings. The number of rotatable bonds is 11. The Morgan fingerprint density at radius 2 is 2.08 bits per heavy atom. The van der Waals surface area contributed by atoms with Crippen LogP contribution in [0.5, 0.6) is 11.5 Å². The number of nitrogens with one attached hydrogen (secondary N) is 1. The van der Waals surface area contributed by atoms with Gasteiger partial charge in [0.25, 0.3) is 0 Å². The maximum atomic E-state index is 14.1. The van der Waals surface area contributed by atoms with Gasteiger partial charge in [0.2, 0.25) is 11.8 Å². The first kappa shape index (κ1) is 28.6. The van der Waals surface area contributed by atoms with Crippen LogP contribution in [-0.2, 0) is 9.59 Å². The van der Waals surface area contributed by atoms with Crippen LogP contribution in [0.4, 0.5) is 4.39 Å². The van der Waals surface area contributed by atoms with Gasteiger partial charge in [-0.25, -0.2) is 4.39 Å². The predicted molar refractivity (Wildman–Crippen MR) is 146 cm³/mol. The third-order valence-corrected chi connectivity index (χ3v) is 5.98. The molecule has 1 aliphatic heterocycles. The number of aromatic nitrogens is 1. The van der Waals surface area contributed by atoms with Crippen LogP contribution in [0.25, 0.3) is 0 Å². The van der Waals surface area contributed by atoms with Crippen LogP contribution in [0.3, 0.4) is 0 Å². The number of pyridine rings is 1. The summed E-state index contributed by atoms with van der Waals surface area (Å²) in [5, 5.41) is 2.61. The van der Waals surface area contributed by atoms with Crippen molar-refractivity contribution < 1.29 is 24.9 Å². The molecule has 0 radical (unpaired) electrons. The number of ether oxygens (including phenoxy) is 2. The monoisotopic (exact) mass is 527 g/mol. The molecule has 10 heteroatoms. The number of allylic oxidation sites excluding steroid dienone is 1. The molecule has 9 nitrogen and oxygen atoms in total. The Morgan fingerprint density at radius 1 is 1.32 bits per heavy atom. The summed E-state index contributed by atoms with van der Waals surface area (Å²) in [6.07, 6.45) is 5.54. The predicted octanol–water partition coefficient (Wildman–Crippen LogP) is 3.72. The van der Waals surface area contributed by atoms with E-state index in [4.69, 9.17) is 15.2 Å². The van der Waals surface area contributed by atoms with Gasteiger partial charge in [0, 0.05) is 26.6 Å². The van der Waals surface area contributed by atoms with Gasteiger partial charge in [-0.15, -0.1) is 0 Å². The molecule has 206 valence electrons. The quantitative estimate of drug-likeness (QED) is 0.430. The van der Waals surface area contributed by atoms with Crippen molar-refractivity contribution in [2.45, 2.75) is 52.1 Å². The molecule has 3 rings (SSSR count). The Morgan fingerprint density at radius 3 is 2.79 bits per heavy atom. The zero-order valence-electron chi connectivity index (χ0n) is 22.2. The molecule has 2 heterocycles. The molecule has 0 unspecified atom stereocenters. The van der Waals surface area contributed by atoms with E-state index in [0.717, 1.165) is 24.2 Å². The number of nitrogens with zero attached hydrogens (tertiary/aromatic N) is 3. The van der Waals surface area contributed by atoms with E-state index in [-0.39, 0.29) is 56.3 Å². The Bertz CT molecular complexity index is 1160. The molecule has 1 saturated heterocycles. The summed E-state index contributed by atoms with van der Waals surface area (Å²) < 4.78 is 25.7. The van der Waals surface area contributed by atoms with Crippen molar-refractivity contribution in [1.29, 1.82) is 0 Å². The lowest BCUT2D eigenvalue weighted by Gasteiger charge is -2.32. The lowest BCUT2D eigenvalue weighted by atomic mass is 10.1. The smallest absolute Gasteiger partial charge is 0.244 e. The fraction of sp³-hybridized carbons (Fsp3) is 0.429. The number of benzene rings is 1. The maximum absolute atomic E-state index is 14.1. The average Bonchev–Trinajstić information content (AvgIpc) is 2.90. The number of aliphatic imine (C=N–C) groups is 1. The normalized spacial score (nSPS) is 16.1. The minimum Gasteiger partial charge on any atom is -0.489 e. The highest BCUT2D eigenvalue weighted by atomic mass is 19.1. The molecule has 1 atom stereocenters. The van der Waals surface area contributed by atoms with Crippen LogP contribution < -0.4 is 20.5 Å². The van der Waals surface area contributed by atoms with E-state index in [2.05, 4.69) is 15.3 Å². The van der Waals surface area contributed by atoms with Crippen LogP contribution in [0.2, 0.25) is 0 Å². The van der Waals surface area contributed by atoms with Crippen molar-refractivity contribution in [3.05, 3.63) is 65.5 Å². The molecular weight excluding hydrogens is 489 g/mol. The van der Waals surface area contributed by atoms with Crippen LogP contribution in [-0.4, -0.2) is 60.3 Å². The minimum absolute atomic E-state index is 0. The van der Waals surface area contributed by atoms with E-state index < -0.39 is 5.82 Å². The molecule has 1 aliphatic rings. The third kappa shape index (κ3) is 8.57. The highest BCUT2D eigenvalue weighted by Crippen LogP contribution is 2.27. The van der Waals surface area contributed by atoms with Crippen LogP contribution in [0.1, 0.15) is 51.7 Å². The number of nitrogens with two attached hydrogens (primary N) is 1. The fourth-order valence-electron chi connectivity index (χ4n) is 3.97. The van der Waals surface area contributed by atoms with Crippen molar-refractivity contribution in [2.75, 3.05) is 26.2 Å². The summed E-state index contributed by atoms with van der Waals surface area (Å²) >= 11 is 0. The Labute approximate surface area is 224 Å². The molecule has 0 spiro atoms. The molecule has 2 amide bonds. The van der Waals surface area contributed by atoms with Gasteiger partial charge in [-0.05, 0) is 43.9 Å². The Kier molecular flexibility index (Phi) is 10.6. The molecule has 2 aromatic rings. The van der Waals surface area contributed by atoms with E-state index in [1.54, 1.807) is 4.90 Å². The molecule has 0 saturated carbocycles. The lowest BCUT2D eigenvalue weighted by molar-refractivity contribution is -0.132. The van der Waals surface area contributed by atoms with Gasteiger partial charge in [0.1, 0.15) is 18.4 Å². The minimum atomic E-state index is -0.523. The first-order valence-electron chi connectivity index (χ1n) is 12.8. The number of likely N-dealkylation sites (tertiary alicyclic amines) is 1. The second kappa shape index (κ2) is 14.1. The molecule has 1 aromatic heterocycles. The Hall–Kier alpha value is -3.95. The number of hydrogen-bond donors (Lipinski definition) is 2. The number of hydrogen-bond acceptors (Lipinski definition) is 7. The van der Waals surface area contributed by atoms with E-state index in [9.17, 15) is 14.0 Å².